The van der Waals surface area contributed by atoms with Gasteiger partial charge in [0.25, 0.3) is 17.3 Å². The molecule has 220 valence electrons. The Bertz CT molecular complexity index is 1550. The largest absolute Gasteiger partial charge is 0.448 e. The molecule has 0 bridgehead atoms. The van der Waals surface area contributed by atoms with Crippen LogP contribution in [0.15, 0.2) is 22.0 Å². The summed E-state index contributed by atoms with van der Waals surface area (Å²) in [5, 5.41) is 8.15. The number of carbonyl (C=O) groups excluding carboxylic acids is 1. The monoisotopic (exact) mass is 581 g/mol. The second-order valence-corrected chi connectivity index (χ2v) is 12.6. The average molecular weight is 582 g/mol. The van der Waals surface area contributed by atoms with Gasteiger partial charge in [-0.15, -0.1) is 11.8 Å². The van der Waals surface area contributed by atoms with Crippen molar-refractivity contribution in [2.45, 2.75) is 75.8 Å². The minimum Gasteiger partial charge on any atom is -0.448 e. The number of likely N-dealkylation sites (tertiary alicyclic amines) is 1. The molecule has 1 saturated heterocycles. The van der Waals surface area contributed by atoms with Crippen LogP contribution in [0.4, 0.5) is 0 Å². The summed E-state index contributed by atoms with van der Waals surface area (Å²) in [6.07, 6.45) is 8.20. The van der Waals surface area contributed by atoms with E-state index in [0.29, 0.717) is 45.7 Å². The molecule has 4 heterocycles. The molecule has 1 saturated carbocycles. The van der Waals surface area contributed by atoms with E-state index in [1.165, 1.54) is 11.8 Å². The van der Waals surface area contributed by atoms with Crippen molar-refractivity contribution in [1.29, 1.82) is 0 Å². The van der Waals surface area contributed by atoms with Crippen molar-refractivity contribution in [2.24, 2.45) is 13.0 Å². The zero-order valence-electron chi connectivity index (χ0n) is 24.6. The van der Waals surface area contributed by atoms with Crippen molar-refractivity contribution in [3.8, 4) is 11.5 Å². The van der Waals surface area contributed by atoms with Crippen LogP contribution in [0.3, 0.4) is 0 Å². The minimum atomic E-state index is -0.823. The molecule has 0 radical (unpaired) electrons. The van der Waals surface area contributed by atoms with Crippen LogP contribution < -0.4 is 20.3 Å². The summed E-state index contributed by atoms with van der Waals surface area (Å²) in [6, 6.07) is 2.51. The highest BCUT2D eigenvalue weighted by Crippen LogP contribution is 2.52. The second kappa shape index (κ2) is 10.7. The standard InChI is InChI=1S/C30H39N5O5S/c1-16-11-23(41-6)21(28(36)33-16)12-31-29(37)24-17(2)26-27(25-22(24)13-32-34(25)4)40-30(3,39-26)18-7-9-19(10-8-18)35-14-20(15-35)38-5/h11,13,18-20H,7-10,12,14-15H2,1-6H3,(H,31,37)(H,33,36). The molecule has 2 fully saturated rings. The summed E-state index contributed by atoms with van der Waals surface area (Å²) in [5.41, 5.74) is 3.07. The van der Waals surface area contributed by atoms with Gasteiger partial charge in [0.2, 0.25) is 0 Å². The molecule has 1 unspecified atom stereocenters. The van der Waals surface area contributed by atoms with Crippen LogP contribution in [0, 0.1) is 19.8 Å². The van der Waals surface area contributed by atoms with Gasteiger partial charge in [-0.2, -0.15) is 5.10 Å². The lowest BCUT2D eigenvalue weighted by molar-refractivity contribution is -0.130. The van der Waals surface area contributed by atoms with Gasteiger partial charge in [-0.1, -0.05) is 0 Å². The number of pyridine rings is 1. The smallest absolute Gasteiger partial charge is 0.254 e. The molecule has 2 N–H and O–H groups in total. The van der Waals surface area contributed by atoms with Gasteiger partial charge in [0.15, 0.2) is 11.5 Å². The summed E-state index contributed by atoms with van der Waals surface area (Å²) < 4.78 is 20.5. The molecule has 1 aromatic carbocycles. The minimum absolute atomic E-state index is 0.114. The number of carbonyl (C=O) groups is 1. The molecule has 1 atom stereocenters. The van der Waals surface area contributed by atoms with E-state index in [-0.39, 0.29) is 23.9 Å². The van der Waals surface area contributed by atoms with Crippen LogP contribution in [0.5, 0.6) is 11.5 Å². The number of thioether (sulfide) groups is 1. The Kier molecular flexibility index (Phi) is 7.32. The molecule has 0 spiro atoms. The summed E-state index contributed by atoms with van der Waals surface area (Å²) in [6.45, 7) is 7.92. The van der Waals surface area contributed by atoms with Gasteiger partial charge in [-0.3, -0.25) is 19.2 Å². The number of aryl methyl sites for hydroxylation is 2. The molecule has 1 aliphatic carbocycles. The molecule has 2 aromatic heterocycles. The molecule has 1 amide bonds. The third-order valence-electron chi connectivity index (χ3n) is 9.22. The molecule has 2 aliphatic heterocycles. The molecular formula is C30H39N5O5S. The lowest BCUT2D eigenvalue weighted by atomic mass is 9.80. The first-order valence-electron chi connectivity index (χ1n) is 14.3. The van der Waals surface area contributed by atoms with E-state index in [2.05, 4.69) is 20.3 Å². The predicted octanol–water partition coefficient (Wildman–Crippen LogP) is 3.91. The molecule has 6 rings (SSSR count). The van der Waals surface area contributed by atoms with Crippen LogP contribution in [-0.2, 0) is 18.3 Å². The zero-order chi connectivity index (χ0) is 29.1. The first-order chi connectivity index (χ1) is 19.6. The van der Waals surface area contributed by atoms with Crippen LogP contribution in [0.1, 0.15) is 59.8 Å². The average Bonchev–Trinajstić information content (AvgIpc) is 3.48. The Morgan fingerprint density at radius 1 is 1.22 bits per heavy atom. The lowest BCUT2D eigenvalue weighted by Crippen LogP contribution is -2.57. The number of methoxy groups -OCH3 is 1. The number of ether oxygens (including phenoxy) is 3. The maximum atomic E-state index is 13.7. The van der Waals surface area contributed by atoms with Gasteiger partial charge in [0.05, 0.1) is 17.9 Å². The van der Waals surface area contributed by atoms with Gasteiger partial charge >= 0.3 is 0 Å². The highest BCUT2D eigenvalue weighted by atomic mass is 32.2. The van der Waals surface area contributed by atoms with Gasteiger partial charge in [-0.05, 0) is 51.9 Å². The Morgan fingerprint density at radius 2 is 1.93 bits per heavy atom. The Balaban J connectivity index is 1.24. The van der Waals surface area contributed by atoms with Crippen molar-refractivity contribution >= 4 is 28.6 Å². The fraction of sp³-hybridized carbons (Fsp3) is 0.567. The summed E-state index contributed by atoms with van der Waals surface area (Å²) in [7, 11) is 3.63. The summed E-state index contributed by atoms with van der Waals surface area (Å²) >= 11 is 1.49. The molecule has 41 heavy (non-hydrogen) atoms. The lowest BCUT2D eigenvalue weighted by Gasteiger charge is -2.47. The zero-order valence-corrected chi connectivity index (χ0v) is 25.4. The normalized spacial score (nSPS) is 24.5. The number of benzene rings is 1. The number of nitrogens with one attached hydrogen (secondary N) is 2. The van der Waals surface area contributed by atoms with Crippen molar-refractivity contribution < 1.29 is 19.0 Å². The van der Waals surface area contributed by atoms with E-state index in [1.807, 2.05) is 40.1 Å². The Labute approximate surface area is 244 Å². The van der Waals surface area contributed by atoms with E-state index < -0.39 is 5.79 Å². The third kappa shape index (κ3) is 4.81. The quantitative estimate of drug-likeness (QED) is 0.404. The summed E-state index contributed by atoms with van der Waals surface area (Å²) in [4.78, 5) is 32.6. The molecule has 3 aromatic rings. The van der Waals surface area contributed by atoms with E-state index in [0.717, 1.165) is 54.9 Å². The fourth-order valence-electron chi connectivity index (χ4n) is 6.76. The van der Waals surface area contributed by atoms with Gasteiger partial charge in [-0.25, -0.2) is 0 Å². The van der Waals surface area contributed by atoms with E-state index >= 15 is 0 Å². The van der Waals surface area contributed by atoms with Crippen LogP contribution in [-0.4, -0.2) is 70.0 Å². The maximum Gasteiger partial charge on any atom is 0.254 e. The van der Waals surface area contributed by atoms with Gasteiger partial charge in [0, 0.05) is 79.8 Å². The third-order valence-corrected chi connectivity index (χ3v) is 10.0. The first-order valence-corrected chi connectivity index (χ1v) is 15.5. The number of rotatable bonds is 7. The van der Waals surface area contributed by atoms with Gasteiger partial charge in [0.1, 0.15) is 5.52 Å². The Hall–Kier alpha value is -3.02. The number of hydrogen-bond acceptors (Lipinski definition) is 8. The molecular weight excluding hydrogens is 542 g/mol. The van der Waals surface area contributed by atoms with E-state index in [9.17, 15) is 9.59 Å². The van der Waals surface area contributed by atoms with Gasteiger partial charge < -0.3 is 24.5 Å². The fourth-order valence-corrected chi connectivity index (χ4v) is 7.47. The first kappa shape index (κ1) is 28.1. The number of aromatic amines is 1. The van der Waals surface area contributed by atoms with Crippen molar-refractivity contribution in [2.75, 3.05) is 26.5 Å². The number of nitrogens with zero attached hydrogens (tertiary/aromatic N) is 3. The molecule has 10 nitrogen and oxygen atoms in total. The van der Waals surface area contributed by atoms with E-state index in [1.54, 1.807) is 18.0 Å². The van der Waals surface area contributed by atoms with Crippen molar-refractivity contribution in [1.82, 2.24) is 25.0 Å². The highest BCUT2D eigenvalue weighted by molar-refractivity contribution is 7.98. The number of hydrogen-bond donors (Lipinski definition) is 2. The topological polar surface area (TPSA) is 111 Å². The van der Waals surface area contributed by atoms with E-state index in [4.69, 9.17) is 14.2 Å². The maximum absolute atomic E-state index is 13.7. The number of aromatic nitrogens is 3. The van der Waals surface area contributed by atoms with Crippen molar-refractivity contribution in [3.05, 3.63) is 45.0 Å². The number of H-pyrrole nitrogens is 1. The number of amides is 1. The highest BCUT2D eigenvalue weighted by Gasteiger charge is 2.49. The van der Waals surface area contributed by atoms with Crippen molar-refractivity contribution in [3.63, 3.8) is 0 Å². The van der Waals surface area contributed by atoms with Crippen LogP contribution in [0.25, 0.3) is 10.9 Å². The predicted molar refractivity (Wildman–Crippen MR) is 158 cm³/mol. The summed E-state index contributed by atoms with van der Waals surface area (Å²) in [5.74, 6) is 0.362. The second-order valence-electron chi connectivity index (χ2n) is 11.7. The van der Waals surface area contributed by atoms with Crippen LogP contribution >= 0.6 is 11.8 Å². The molecule has 3 aliphatic rings. The SMILES string of the molecule is COC1CN(C2CCC(C3(C)Oc4c(C)c(C(=O)NCc5c(SC)cc(C)[nH]c5=O)c5cnn(C)c5c4O3)CC2)C1. The Morgan fingerprint density at radius 3 is 2.61 bits per heavy atom. The molecule has 11 heteroatoms. The number of fused-ring (bicyclic) bond motifs is 3. The van der Waals surface area contributed by atoms with Crippen LogP contribution in [0.2, 0.25) is 0 Å².